The van der Waals surface area contributed by atoms with E-state index in [-0.39, 0.29) is 0 Å². The number of nitrogens with one attached hydrogen (secondary N) is 2. The zero-order chi connectivity index (χ0) is 10.4. The number of hydrogen-bond acceptors (Lipinski definition) is 4. The Morgan fingerprint density at radius 1 is 1.43 bits per heavy atom. The van der Waals surface area contributed by atoms with Crippen molar-refractivity contribution in [3.63, 3.8) is 0 Å². The topological polar surface area (TPSA) is 76.4 Å². The Hall–Kier alpha value is -1.75. The maximum absolute atomic E-state index is 10.7. The number of ether oxygens (including phenoxy) is 1. The highest BCUT2D eigenvalue weighted by molar-refractivity contribution is 5.69. The van der Waals surface area contributed by atoms with Crippen molar-refractivity contribution in [1.29, 1.82) is 0 Å². The van der Waals surface area contributed by atoms with Crippen LogP contribution in [0.25, 0.3) is 0 Å². The van der Waals surface area contributed by atoms with Gasteiger partial charge in [-0.3, -0.25) is 5.43 Å². The molecule has 4 N–H and O–H groups in total. The monoisotopic (exact) mass is 195 g/mol. The lowest BCUT2D eigenvalue weighted by Gasteiger charge is -2.07. The summed E-state index contributed by atoms with van der Waals surface area (Å²) in [7, 11) is 1.30. The molecule has 1 amide bonds. The van der Waals surface area contributed by atoms with Crippen LogP contribution in [0.15, 0.2) is 24.3 Å². The molecular weight excluding hydrogens is 182 g/mol. The second-order valence-corrected chi connectivity index (χ2v) is 2.64. The smallest absolute Gasteiger partial charge is 0.425 e. The zero-order valence-corrected chi connectivity index (χ0v) is 7.91. The number of methoxy groups -OCH3 is 1. The minimum absolute atomic E-state index is 0.505. The molecule has 0 saturated heterocycles. The molecule has 0 bridgehead atoms. The van der Waals surface area contributed by atoms with E-state index in [2.05, 4.69) is 15.6 Å². The lowest BCUT2D eigenvalue weighted by atomic mass is 10.2. The summed E-state index contributed by atoms with van der Waals surface area (Å²) in [6.07, 6.45) is -0.534. The third-order valence-electron chi connectivity index (χ3n) is 1.68. The third-order valence-corrected chi connectivity index (χ3v) is 1.68. The van der Waals surface area contributed by atoms with E-state index >= 15 is 0 Å². The van der Waals surface area contributed by atoms with Crippen molar-refractivity contribution in [3.05, 3.63) is 29.8 Å². The molecule has 0 unspecified atom stereocenters. The van der Waals surface area contributed by atoms with E-state index in [4.69, 9.17) is 5.73 Å². The van der Waals surface area contributed by atoms with Crippen LogP contribution in [0.4, 0.5) is 10.5 Å². The van der Waals surface area contributed by atoms with Gasteiger partial charge in [-0.05, 0) is 17.7 Å². The van der Waals surface area contributed by atoms with Gasteiger partial charge < -0.3 is 10.5 Å². The number of anilines is 1. The molecule has 0 aliphatic rings. The maximum atomic E-state index is 10.7. The van der Waals surface area contributed by atoms with E-state index < -0.39 is 6.09 Å². The van der Waals surface area contributed by atoms with Gasteiger partial charge >= 0.3 is 6.09 Å². The number of amides is 1. The molecule has 14 heavy (non-hydrogen) atoms. The molecule has 0 heterocycles. The third kappa shape index (κ3) is 2.95. The molecule has 0 fully saturated rings. The van der Waals surface area contributed by atoms with Gasteiger partial charge in [0.1, 0.15) is 0 Å². The summed E-state index contributed by atoms with van der Waals surface area (Å²) in [5, 5.41) is 0. The first-order valence-corrected chi connectivity index (χ1v) is 4.15. The van der Waals surface area contributed by atoms with Crippen molar-refractivity contribution in [2.75, 3.05) is 12.5 Å². The van der Waals surface area contributed by atoms with Crippen LogP contribution in [0.1, 0.15) is 5.56 Å². The Morgan fingerprint density at radius 2 is 2.07 bits per heavy atom. The normalized spacial score (nSPS) is 9.29. The summed E-state index contributed by atoms with van der Waals surface area (Å²) < 4.78 is 4.38. The minimum Gasteiger partial charge on any atom is -0.452 e. The molecule has 0 aromatic heterocycles. The van der Waals surface area contributed by atoms with E-state index in [1.165, 1.54) is 7.11 Å². The number of hydrazine groups is 1. The fourth-order valence-electron chi connectivity index (χ4n) is 0.898. The van der Waals surface area contributed by atoms with E-state index in [0.29, 0.717) is 6.54 Å². The van der Waals surface area contributed by atoms with Gasteiger partial charge in [0.05, 0.1) is 12.8 Å². The van der Waals surface area contributed by atoms with E-state index in [1.807, 2.05) is 24.3 Å². The maximum Gasteiger partial charge on any atom is 0.425 e. The molecule has 76 valence electrons. The highest BCUT2D eigenvalue weighted by atomic mass is 16.5. The standard InChI is InChI=1S/C9H13N3O2/c1-14-9(13)12-11-8-4-2-7(6-10)3-5-8/h2-5,11H,6,10H2,1H3,(H,12,13). The minimum atomic E-state index is -0.534. The van der Waals surface area contributed by atoms with Crippen molar-refractivity contribution in [3.8, 4) is 0 Å². The molecule has 1 aromatic rings. The van der Waals surface area contributed by atoms with Gasteiger partial charge in [-0.25, -0.2) is 10.2 Å². The Kier molecular flexibility index (Phi) is 3.75. The van der Waals surface area contributed by atoms with Gasteiger partial charge in [0.25, 0.3) is 0 Å². The predicted octanol–water partition coefficient (Wildman–Crippen LogP) is 0.828. The van der Waals surface area contributed by atoms with Crippen LogP contribution < -0.4 is 16.6 Å². The average Bonchev–Trinajstić information content (AvgIpc) is 2.26. The number of carbonyl (C=O) groups excluding carboxylic acids is 1. The molecule has 0 atom stereocenters. The van der Waals surface area contributed by atoms with Crippen molar-refractivity contribution >= 4 is 11.8 Å². The highest BCUT2D eigenvalue weighted by Crippen LogP contribution is 2.07. The fraction of sp³-hybridized carbons (Fsp3) is 0.222. The lowest BCUT2D eigenvalue weighted by Crippen LogP contribution is -2.28. The van der Waals surface area contributed by atoms with Gasteiger partial charge in [0.2, 0.25) is 0 Å². The van der Waals surface area contributed by atoms with Crippen molar-refractivity contribution in [1.82, 2.24) is 5.43 Å². The van der Waals surface area contributed by atoms with Crippen LogP contribution >= 0.6 is 0 Å². The molecule has 0 spiro atoms. The van der Waals surface area contributed by atoms with Crippen molar-refractivity contribution in [2.24, 2.45) is 5.73 Å². The van der Waals surface area contributed by atoms with Gasteiger partial charge in [-0.15, -0.1) is 0 Å². The van der Waals surface area contributed by atoms with Gasteiger partial charge in [0, 0.05) is 6.54 Å². The fourth-order valence-corrected chi connectivity index (χ4v) is 0.898. The van der Waals surface area contributed by atoms with E-state index in [1.54, 1.807) is 0 Å². The first-order chi connectivity index (χ1) is 6.76. The van der Waals surface area contributed by atoms with E-state index in [0.717, 1.165) is 11.3 Å². The number of rotatable bonds is 3. The van der Waals surface area contributed by atoms with Crippen LogP contribution in [-0.4, -0.2) is 13.2 Å². The van der Waals surface area contributed by atoms with Crippen LogP contribution in [0.2, 0.25) is 0 Å². The second kappa shape index (κ2) is 5.08. The quantitative estimate of drug-likeness (QED) is 0.624. The zero-order valence-electron chi connectivity index (χ0n) is 7.91. The number of carbonyl (C=O) groups is 1. The van der Waals surface area contributed by atoms with Crippen LogP contribution in [0, 0.1) is 0 Å². The van der Waals surface area contributed by atoms with Gasteiger partial charge in [-0.2, -0.15) is 0 Å². The Balaban J connectivity index is 2.47. The first kappa shape index (κ1) is 10.3. The summed E-state index contributed by atoms with van der Waals surface area (Å²) in [6.45, 7) is 0.505. The number of hydrogen-bond donors (Lipinski definition) is 3. The summed E-state index contributed by atoms with van der Waals surface area (Å²) in [5.41, 5.74) is 12.3. The molecule has 0 aliphatic heterocycles. The SMILES string of the molecule is COC(=O)NNc1ccc(CN)cc1. The summed E-state index contributed by atoms with van der Waals surface area (Å²) in [6, 6.07) is 7.39. The van der Waals surface area contributed by atoms with Crippen LogP contribution in [0.5, 0.6) is 0 Å². The van der Waals surface area contributed by atoms with Gasteiger partial charge in [0.15, 0.2) is 0 Å². The Bertz CT molecular complexity index is 297. The second-order valence-electron chi connectivity index (χ2n) is 2.64. The predicted molar refractivity (Wildman–Crippen MR) is 53.5 cm³/mol. The summed E-state index contributed by atoms with van der Waals surface area (Å²) in [4.78, 5) is 10.7. The van der Waals surface area contributed by atoms with Crippen LogP contribution in [0.3, 0.4) is 0 Å². The number of nitrogens with two attached hydrogens (primary N) is 1. The lowest BCUT2D eigenvalue weighted by molar-refractivity contribution is 0.173. The first-order valence-electron chi connectivity index (χ1n) is 4.15. The Morgan fingerprint density at radius 3 is 2.57 bits per heavy atom. The molecule has 0 saturated carbocycles. The molecule has 1 aromatic carbocycles. The molecule has 1 rings (SSSR count). The van der Waals surface area contributed by atoms with Crippen molar-refractivity contribution < 1.29 is 9.53 Å². The summed E-state index contributed by atoms with van der Waals surface area (Å²) in [5.74, 6) is 0. The highest BCUT2D eigenvalue weighted by Gasteiger charge is 1.96. The Labute approximate surface area is 82.2 Å². The molecule has 5 nitrogen and oxygen atoms in total. The van der Waals surface area contributed by atoms with E-state index in [9.17, 15) is 4.79 Å². The molecule has 0 aliphatic carbocycles. The van der Waals surface area contributed by atoms with Gasteiger partial charge in [-0.1, -0.05) is 12.1 Å². The molecular formula is C9H13N3O2. The average molecular weight is 195 g/mol. The number of benzene rings is 1. The largest absolute Gasteiger partial charge is 0.452 e. The van der Waals surface area contributed by atoms with Crippen LogP contribution in [-0.2, 0) is 11.3 Å². The molecule has 5 heteroatoms. The molecule has 0 radical (unpaired) electrons. The van der Waals surface area contributed by atoms with Crippen molar-refractivity contribution in [2.45, 2.75) is 6.54 Å². The summed E-state index contributed by atoms with van der Waals surface area (Å²) >= 11 is 0.